The van der Waals surface area contributed by atoms with Crippen molar-refractivity contribution >= 4 is 11.8 Å². The SMILES string of the molecule is CC1CN(CC(=O)NCCC2=CCCCC2)CCN1CC(=O)NCCC1=CCCCC1. The Morgan fingerprint density at radius 1 is 0.871 bits per heavy atom. The predicted molar refractivity (Wildman–Crippen MR) is 126 cm³/mol. The fourth-order valence-corrected chi connectivity index (χ4v) is 4.94. The average Bonchev–Trinajstić information content (AvgIpc) is 2.77. The van der Waals surface area contributed by atoms with Crippen molar-refractivity contribution in [2.24, 2.45) is 0 Å². The zero-order valence-electron chi connectivity index (χ0n) is 19.5. The van der Waals surface area contributed by atoms with Crippen LogP contribution in [0.25, 0.3) is 0 Å². The Hall–Kier alpha value is -1.66. The van der Waals surface area contributed by atoms with Gasteiger partial charge in [0.15, 0.2) is 0 Å². The molecular formula is C25H42N4O2. The van der Waals surface area contributed by atoms with E-state index in [1.54, 1.807) is 0 Å². The van der Waals surface area contributed by atoms with Gasteiger partial charge in [0.25, 0.3) is 0 Å². The fraction of sp³-hybridized carbons (Fsp3) is 0.760. The lowest BCUT2D eigenvalue weighted by Crippen LogP contribution is -2.55. The molecule has 0 aromatic rings. The molecule has 3 aliphatic rings. The molecule has 1 atom stereocenters. The minimum absolute atomic E-state index is 0.117. The van der Waals surface area contributed by atoms with Gasteiger partial charge in [-0.3, -0.25) is 19.4 Å². The molecule has 0 aromatic heterocycles. The Balaban J connectivity index is 1.27. The molecule has 0 spiro atoms. The molecule has 0 saturated carbocycles. The van der Waals surface area contributed by atoms with Crippen molar-refractivity contribution in [3.05, 3.63) is 23.3 Å². The summed E-state index contributed by atoms with van der Waals surface area (Å²) in [6.45, 7) is 7.06. The molecule has 0 bridgehead atoms. The first-order valence-corrected chi connectivity index (χ1v) is 12.5. The first kappa shape index (κ1) is 24.0. The molecule has 0 aromatic carbocycles. The topological polar surface area (TPSA) is 64.7 Å². The molecule has 1 unspecified atom stereocenters. The van der Waals surface area contributed by atoms with Gasteiger partial charge in [0.05, 0.1) is 13.1 Å². The van der Waals surface area contributed by atoms with Crippen LogP contribution in [0.3, 0.4) is 0 Å². The lowest BCUT2D eigenvalue weighted by atomic mass is 9.97. The van der Waals surface area contributed by atoms with Gasteiger partial charge in [-0.25, -0.2) is 0 Å². The second-order valence-corrected chi connectivity index (χ2v) is 9.47. The highest BCUT2D eigenvalue weighted by atomic mass is 16.2. The van der Waals surface area contributed by atoms with Gasteiger partial charge in [-0.1, -0.05) is 23.3 Å². The molecule has 6 heteroatoms. The monoisotopic (exact) mass is 430 g/mol. The maximum atomic E-state index is 12.4. The summed E-state index contributed by atoms with van der Waals surface area (Å²) in [7, 11) is 0. The molecule has 3 rings (SSSR count). The third-order valence-electron chi connectivity index (χ3n) is 6.87. The van der Waals surface area contributed by atoms with Crippen molar-refractivity contribution in [2.75, 3.05) is 45.8 Å². The van der Waals surface area contributed by atoms with Crippen LogP contribution < -0.4 is 10.6 Å². The number of piperazine rings is 1. The molecule has 2 aliphatic carbocycles. The van der Waals surface area contributed by atoms with E-state index in [0.29, 0.717) is 13.1 Å². The van der Waals surface area contributed by atoms with Crippen LogP contribution in [0.4, 0.5) is 0 Å². The van der Waals surface area contributed by atoms with Gasteiger partial charge in [-0.2, -0.15) is 0 Å². The second-order valence-electron chi connectivity index (χ2n) is 9.47. The van der Waals surface area contributed by atoms with Crippen molar-refractivity contribution in [3.8, 4) is 0 Å². The molecule has 1 heterocycles. The van der Waals surface area contributed by atoms with Crippen LogP contribution in [0.5, 0.6) is 0 Å². The average molecular weight is 431 g/mol. The summed E-state index contributed by atoms with van der Waals surface area (Å²) >= 11 is 0. The summed E-state index contributed by atoms with van der Waals surface area (Å²) in [6, 6.07) is 0.278. The zero-order chi connectivity index (χ0) is 21.9. The third kappa shape index (κ3) is 8.77. The number of rotatable bonds is 10. The van der Waals surface area contributed by atoms with Crippen LogP contribution in [-0.4, -0.2) is 73.5 Å². The van der Waals surface area contributed by atoms with Crippen molar-refractivity contribution < 1.29 is 9.59 Å². The maximum Gasteiger partial charge on any atom is 0.234 e. The van der Waals surface area contributed by atoms with Crippen LogP contribution in [0.1, 0.15) is 71.1 Å². The van der Waals surface area contributed by atoms with Crippen LogP contribution >= 0.6 is 0 Å². The minimum Gasteiger partial charge on any atom is -0.355 e. The lowest BCUT2D eigenvalue weighted by molar-refractivity contribution is -0.125. The van der Waals surface area contributed by atoms with E-state index >= 15 is 0 Å². The quantitative estimate of drug-likeness (QED) is 0.523. The maximum absolute atomic E-state index is 12.4. The van der Waals surface area contributed by atoms with Crippen molar-refractivity contribution in [1.82, 2.24) is 20.4 Å². The van der Waals surface area contributed by atoms with Gasteiger partial charge in [0.1, 0.15) is 0 Å². The van der Waals surface area contributed by atoms with Crippen molar-refractivity contribution in [1.29, 1.82) is 0 Å². The fourth-order valence-electron chi connectivity index (χ4n) is 4.94. The number of amides is 2. The van der Waals surface area contributed by atoms with Gasteiger partial charge in [-0.15, -0.1) is 0 Å². The summed E-state index contributed by atoms with van der Waals surface area (Å²) in [5.74, 6) is 0.235. The van der Waals surface area contributed by atoms with E-state index in [4.69, 9.17) is 0 Å². The highest BCUT2D eigenvalue weighted by molar-refractivity contribution is 5.78. The standard InChI is InChI=1S/C25H42N4O2/c1-21-18-28(19-24(30)26-14-12-22-8-4-2-5-9-22)16-17-29(21)20-25(31)27-15-13-23-10-6-3-7-11-23/h8,10,21H,2-7,9,11-20H2,1H3,(H,26,30)(H,27,31). The van der Waals surface area contributed by atoms with E-state index in [2.05, 4.69) is 39.5 Å². The molecule has 1 saturated heterocycles. The number of nitrogens with zero attached hydrogens (tertiary/aromatic N) is 2. The Kier molecular flexibility index (Phi) is 10.1. The Morgan fingerprint density at radius 3 is 1.97 bits per heavy atom. The smallest absolute Gasteiger partial charge is 0.234 e. The normalized spacial score (nSPS) is 23.1. The summed E-state index contributed by atoms with van der Waals surface area (Å²) in [4.78, 5) is 29.1. The van der Waals surface area contributed by atoms with Crippen molar-refractivity contribution in [3.63, 3.8) is 0 Å². The number of hydrogen-bond donors (Lipinski definition) is 2. The molecule has 6 nitrogen and oxygen atoms in total. The summed E-state index contributed by atoms with van der Waals surface area (Å²) in [6.07, 6.45) is 16.6. The molecule has 174 valence electrons. The minimum atomic E-state index is 0.117. The molecule has 31 heavy (non-hydrogen) atoms. The number of carbonyl (C=O) groups excluding carboxylic acids is 2. The van der Waals surface area contributed by atoms with Crippen LogP contribution in [0, 0.1) is 0 Å². The van der Waals surface area contributed by atoms with E-state index in [9.17, 15) is 9.59 Å². The van der Waals surface area contributed by atoms with Gasteiger partial charge >= 0.3 is 0 Å². The Bertz CT molecular complexity index is 658. The van der Waals surface area contributed by atoms with E-state index in [1.165, 1.54) is 62.5 Å². The zero-order valence-corrected chi connectivity index (χ0v) is 19.5. The van der Waals surface area contributed by atoms with E-state index in [1.807, 2.05) is 0 Å². The van der Waals surface area contributed by atoms with E-state index in [-0.39, 0.29) is 17.9 Å². The number of carbonyl (C=O) groups is 2. The summed E-state index contributed by atoms with van der Waals surface area (Å²) in [5, 5.41) is 6.17. The van der Waals surface area contributed by atoms with Gasteiger partial charge in [0, 0.05) is 38.8 Å². The van der Waals surface area contributed by atoms with Crippen LogP contribution in [-0.2, 0) is 9.59 Å². The molecule has 1 aliphatic heterocycles. The van der Waals surface area contributed by atoms with E-state index < -0.39 is 0 Å². The number of nitrogens with one attached hydrogen (secondary N) is 2. The van der Waals surface area contributed by atoms with Gasteiger partial charge < -0.3 is 10.6 Å². The van der Waals surface area contributed by atoms with Gasteiger partial charge in [-0.05, 0) is 71.1 Å². The third-order valence-corrected chi connectivity index (χ3v) is 6.87. The number of allylic oxidation sites excluding steroid dienone is 2. The lowest BCUT2D eigenvalue weighted by Gasteiger charge is -2.39. The summed E-state index contributed by atoms with van der Waals surface area (Å²) < 4.78 is 0. The molecule has 1 fully saturated rings. The molecule has 2 amide bonds. The first-order valence-electron chi connectivity index (χ1n) is 12.5. The van der Waals surface area contributed by atoms with Crippen LogP contribution in [0.15, 0.2) is 23.3 Å². The molecule has 0 radical (unpaired) electrons. The first-order chi connectivity index (χ1) is 15.1. The predicted octanol–water partition coefficient (Wildman–Crippen LogP) is 3.01. The van der Waals surface area contributed by atoms with Crippen molar-refractivity contribution in [2.45, 2.75) is 77.2 Å². The molecular weight excluding hydrogens is 388 g/mol. The summed E-state index contributed by atoms with van der Waals surface area (Å²) in [5.41, 5.74) is 3.00. The van der Waals surface area contributed by atoms with Gasteiger partial charge in [0.2, 0.25) is 11.8 Å². The van der Waals surface area contributed by atoms with E-state index in [0.717, 1.165) is 45.6 Å². The van der Waals surface area contributed by atoms with Crippen LogP contribution in [0.2, 0.25) is 0 Å². The molecule has 2 N–H and O–H groups in total. The highest BCUT2D eigenvalue weighted by Gasteiger charge is 2.26. The largest absolute Gasteiger partial charge is 0.355 e. The highest BCUT2D eigenvalue weighted by Crippen LogP contribution is 2.20. The second kappa shape index (κ2) is 13.0. The Morgan fingerprint density at radius 2 is 1.45 bits per heavy atom. The number of hydrogen-bond acceptors (Lipinski definition) is 4. The Labute approximate surface area is 188 Å².